The molecule has 3 saturated heterocycles. The van der Waals surface area contributed by atoms with Crippen molar-refractivity contribution in [3.05, 3.63) is 65.2 Å². The van der Waals surface area contributed by atoms with Crippen LogP contribution in [0.3, 0.4) is 0 Å². The van der Waals surface area contributed by atoms with Crippen LogP contribution >= 0.6 is 0 Å². The van der Waals surface area contributed by atoms with E-state index >= 15 is 0 Å². The molecule has 0 aromatic heterocycles. The van der Waals surface area contributed by atoms with Crippen LogP contribution in [-0.2, 0) is 29.1 Å². The van der Waals surface area contributed by atoms with E-state index in [9.17, 15) is 23.1 Å². The van der Waals surface area contributed by atoms with Crippen molar-refractivity contribution in [2.24, 2.45) is 0 Å². The molecule has 0 aliphatic carbocycles. The quantitative estimate of drug-likeness (QED) is 0.285. The first kappa shape index (κ1) is 28.2. The van der Waals surface area contributed by atoms with Gasteiger partial charge in [-0.25, -0.2) is 8.42 Å². The summed E-state index contributed by atoms with van der Waals surface area (Å²) in [5.41, 5.74) is 0.849. The highest BCUT2D eigenvalue weighted by Gasteiger charge is 2.46. The smallest absolute Gasteiger partial charge is 0.295 e. The number of carbonyl (C=O) groups is 2. The maximum Gasteiger partial charge on any atom is 0.295 e. The molecular formula is C28H33N3O8S. The zero-order chi connectivity index (χ0) is 28.3. The summed E-state index contributed by atoms with van der Waals surface area (Å²) in [5, 5.41) is 11.4. The zero-order valence-electron chi connectivity index (χ0n) is 22.3. The number of morpholine rings is 2. The van der Waals surface area contributed by atoms with Gasteiger partial charge in [-0.05, 0) is 42.0 Å². The van der Waals surface area contributed by atoms with Gasteiger partial charge in [-0.15, -0.1) is 0 Å². The van der Waals surface area contributed by atoms with Crippen LogP contribution in [0.1, 0.15) is 17.2 Å². The van der Waals surface area contributed by atoms with Crippen LogP contribution in [0.25, 0.3) is 5.76 Å². The van der Waals surface area contributed by atoms with Crippen molar-refractivity contribution in [2.45, 2.75) is 10.9 Å². The van der Waals surface area contributed by atoms with Crippen molar-refractivity contribution in [1.29, 1.82) is 0 Å². The number of amides is 1. The number of aliphatic hydroxyl groups excluding tert-OH is 1. The lowest BCUT2D eigenvalue weighted by Crippen LogP contribution is -2.42. The van der Waals surface area contributed by atoms with Crippen molar-refractivity contribution in [3.8, 4) is 5.75 Å². The van der Waals surface area contributed by atoms with E-state index < -0.39 is 27.8 Å². The van der Waals surface area contributed by atoms with Gasteiger partial charge in [-0.3, -0.25) is 14.5 Å². The summed E-state index contributed by atoms with van der Waals surface area (Å²) in [5.74, 6) is -1.22. The molecule has 0 spiro atoms. The molecule has 12 heteroatoms. The van der Waals surface area contributed by atoms with Crippen LogP contribution in [0.5, 0.6) is 5.75 Å². The monoisotopic (exact) mass is 571 g/mol. The molecule has 1 atom stereocenters. The SMILES string of the molecule is COc1ccc([C@@H]2C(=C(O)c3ccc(S(=O)(=O)N4CCOCC4)cc3)C(=O)C(=O)N2CCN2CCOCC2)cc1. The fraction of sp³-hybridized carbons (Fsp3) is 0.429. The van der Waals surface area contributed by atoms with E-state index in [1.54, 1.807) is 31.4 Å². The third-order valence-electron chi connectivity index (χ3n) is 7.47. The Labute approximate surface area is 233 Å². The van der Waals surface area contributed by atoms with Gasteiger partial charge >= 0.3 is 0 Å². The van der Waals surface area contributed by atoms with Gasteiger partial charge in [0.15, 0.2) is 0 Å². The Morgan fingerprint density at radius 1 is 0.900 bits per heavy atom. The predicted octanol–water partition coefficient (Wildman–Crippen LogP) is 1.47. The molecule has 214 valence electrons. The van der Waals surface area contributed by atoms with Gasteiger partial charge in [0.25, 0.3) is 11.7 Å². The topological polar surface area (TPSA) is 126 Å². The minimum atomic E-state index is -3.73. The summed E-state index contributed by atoms with van der Waals surface area (Å²) in [6.07, 6.45) is 0. The number of hydrogen-bond acceptors (Lipinski definition) is 9. The maximum atomic E-state index is 13.3. The summed E-state index contributed by atoms with van der Waals surface area (Å²) in [6, 6.07) is 11.9. The molecule has 3 heterocycles. The van der Waals surface area contributed by atoms with Gasteiger partial charge in [0.05, 0.1) is 50.0 Å². The number of ketones is 1. The van der Waals surface area contributed by atoms with Crippen LogP contribution in [0.2, 0.25) is 0 Å². The van der Waals surface area contributed by atoms with Crippen molar-refractivity contribution in [3.63, 3.8) is 0 Å². The average Bonchev–Trinajstić information content (AvgIpc) is 3.25. The van der Waals surface area contributed by atoms with Crippen LogP contribution in [-0.4, -0.2) is 112 Å². The second-order valence-electron chi connectivity index (χ2n) is 9.76. The Balaban J connectivity index is 1.48. The number of Topliss-reactive ketones (excluding diaryl/α,β-unsaturated/α-hetero) is 1. The third kappa shape index (κ3) is 5.63. The van der Waals surface area contributed by atoms with Gasteiger partial charge in [0.1, 0.15) is 11.5 Å². The largest absolute Gasteiger partial charge is 0.507 e. The molecule has 40 heavy (non-hydrogen) atoms. The van der Waals surface area contributed by atoms with Gasteiger partial charge in [0.2, 0.25) is 10.0 Å². The molecule has 5 rings (SSSR count). The van der Waals surface area contributed by atoms with Crippen molar-refractivity contribution >= 4 is 27.5 Å². The van der Waals surface area contributed by atoms with Gasteiger partial charge in [-0.2, -0.15) is 4.31 Å². The van der Waals surface area contributed by atoms with E-state index in [-0.39, 0.29) is 41.4 Å². The summed E-state index contributed by atoms with van der Waals surface area (Å²) >= 11 is 0. The van der Waals surface area contributed by atoms with Crippen LogP contribution in [0.4, 0.5) is 0 Å². The molecule has 0 bridgehead atoms. The van der Waals surface area contributed by atoms with E-state index in [1.165, 1.54) is 33.5 Å². The number of sulfonamides is 1. The molecule has 3 fully saturated rings. The fourth-order valence-corrected chi connectivity index (χ4v) is 6.60. The number of likely N-dealkylation sites (tertiary alicyclic amines) is 1. The summed E-state index contributed by atoms with van der Waals surface area (Å²) in [7, 11) is -2.18. The first-order valence-corrected chi connectivity index (χ1v) is 14.7. The van der Waals surface area contributed by atoms with E-state index in [0.29, 0.717) is 44.3 Å². The highest BCUT2D eigenvalue weighted by Crippen LogP contribution is 2.40. The number of methoxy groups -OCH3 is 1. The summed E-state index contributed by atoms with van der Waals surface area (Å²) in [4.78, 5) is 30.3. The lowest BCUT2D eigenvalue weighted by molar-refractivity contribution is -0.140. The molecule has 0 radical (unpaired) electrons. The number of nitrogens with zero attached hydrogens (tertiary/aromatic N) is 3. The summed E-state index contributed by atoms with van der Waals surface area (Å²) in [6.45, 7) is 4.71. The van der Waals surface area contributed by atoms with Gasteiger partial charge in [-0.1, -0.05) is 12.1 Å². The zero-order valence-corrected chi connectivity index (χ0v) is 23.1. The maximum absolute atomic E-state index is 13.3. The Morgan fingerprint density at radius 3 is 2.10 bits per heavy atom. The van der Waals surface area contributed by atoms with Crippen LogP contribution in [0.15, 0.2) is 59.0 Å². The van der Waals surface area contributed by atoms with E-state index in [4.69, 9.17) is 14.2 Å². The predicted molar refractivity (Wildman–Crippen MR) is 145 cm³/mol. The van der Waals surface area contributed by atoms with Gasteiger partial charge < -0.3 is 24.2 Å². The van der Waals surface area contributed by atoms with Crippen LogP contribution < -0.4 is 4.74 Å². The lowest BCUT2D eigenvalue weighted by Gasteiger charge is -2.31. The molecule has 1 N–H and O–H groups in total. The minimum absolute atomic E-state index is 0.0408. The van der Waals surface area contributed by atoms with E-state index in [2.05, 4.69) is 4.90 Å². The Kier molecular flexibility index (Phi) is 8.52. The lowest BCUT2D eigenvalue weighted by atomic mass is 9.95. The van der Waals surface area contributed by atoms with Crippen molar-refractivity contribution in [2.75, 3.05) is 72.8 Å². The Hall–Kier alpha value is -3.29. The Bertz CT molecular complexity index is 1360. The van der Waals surface area contributed by atoms with E-state index in [1.807, 2.05) is 0 Å². The highest BCUT2D eigenvalue weighted by atomic mass is 32.2. The number of carbonyl (C=O) groups excluding carboxylic acids is 2. The molecule has 11 nitrogen and oxygen atoms in total. The highest BCUT2D eigenvalue weighted by molar-refractivity contribution is 7.89. The second kappa shape index (κ2) is 12.1. The van der Waals surface area contributed by atoms with E-state index in [0.717, 1.165) is 13.1 Å². The molecule has 2 aromatic carbocycles. The number of rotatable bonds is 8. The van der Waals surface area contributed by atoms with Crippen molar-refractivity contribution in [1.82, 2.24) is 14.1 Å². The van der Waals surface area contributed by atoms with Gasteiger partial charge in [0, 0.05) is 44.8 Å². The molecular weight excluding hydrogens is 538 g/mol. The second-order valence-corrected chi connectivity index (χ2v) is 11.7. The fourth-order valence-electron chi connectivity index (χ4n) is 5.19. The Morgan fingerprint density at radius 2 is 1.50 bits per heavy atom. The summed E-state index contributed by atoms with van der Waals surface area (Å²) < 4.78 is 43.3. The van der Waals surface area contributed by atoms with Crippen molar-refractivity contribution < 1.29 is 37.3 Å². The number of hydrogen-bond donors (Lipinski definition) is 1. The molecule has 0 saturated carbocycles. The number of aliphatic hydroxyl groups is 1. The molecule has 3 aliphatic heterocycles. The first-order valence-electron chi connectivity index (χ1n) is 13.2. The minimum Gasteiger partial charge on any atom is -0.507 e. The van der Waals surface area contributed by atoms with Crippen LogP contribution in [0, 0.1) is 0 Å². The number of benzene rings is 2. The molecule has 1 amide bonds. The third-order valence-corrected chi connectivity index (χ3v) is 9.38. The average molecular weight is 572 g/mol. The molecule has 2 aromatic rings. The molecule has 3 aliphatic rings. The number of ether oxygens (including phenoxy) is 3. The standard InChI is InChI=1S/C28H33N3O8S/c1-37-22-6-2-20(3-7-22)25-24(27(33)28(34)31(25)11-10-29-12-16-38-17-13-29)26(32)21-4-8-23(9-5-21)40(35,36)30-14-18-39-19-15-30/h2-9,25,32H,10-19H2,1H3/t25-/m1/s1. The molecule has 0 unspecified atom stereocenters. The first-order chi connectivity index (χ1) is 19.3. The normalized spacial score (nSPS) is 22.5.